The molecule has 0 radical (unpaired) electrons. The van der Waals surface area contributed by atoms with Gasteiger partial charge in [0.2, 0.25) is 5.91 Å². The molecule has 1 aliphatic heterocycles. The Morgan fingerprint density at radius 1 is 1.38 bits per heavy atom. The highest BCUT2D eigenvalue weighted by Gasteiger charge is 2.26. The minimum atomic E-state index is -0.237. The van der Waals surface area contributed by atoms with Crippen LogP contribution in [-0.4, -0.2) is 52.3 Å². The molecule has 1 aliphatic carbocycles. The lowest BCUT2D eigenvalue weighted by molar-refractivity contribution is -0.134. The van der Waals surface area contributed by atoms with E-state index in [0.29, 0.717) is 43.2 Å². The van der Waals surface area contributed by atoms with Gasteiger partial charge in [-0.1, -0.05) is 18.7 Å². The van der Waals surface area contributed by atoms with E-state index in [2.05, 4.69) is 11.9 Å². The van der Waals surface area contributed by atoms with Gasteiger partial charge in [-0.25, -0.2) is 9.97 Å². The number of carbonyl (C=O) groups excluding carboxylic acids is 1. The largest absolute Gasteiger partial charge is 0.383 e. The van der Waals surface area contributed by atoms with Crippen LogP contribution in [-0.2, 0) is 22.4 Å². The van der Waals surface area contributed by atoms with E-state index < -0.39 is 0 Å². The Labute approximate surface area is 161 Å². The predicted octanol–water partition coefficient (Wildman–Crippen LogP) is 2.74. The maximum atomic E-state index is 12.6. The van der Waals surface area contributed by atoms with Crippen LogP contribution in [0, 0.1) is 5.92 Å². The number of nitrogen functional groups attached to an aromatic ring is 1. The first-order valence-corrected chi connectivity index (χ1v) is 10.8. The van der Waals surface area contributed by atoms with Crippen LogP contribution >= 0.6 is 23.1 Å². The first-order valence-electron chi connectivity index (χ1n) is 9.14. The third-order valence-electron chi connectivity index (χ3n) is 5.12. The molecule has 0 saturated carbocycles. The molecular formula is C18H24N4O2S2. The van der Waals surface area contributed by atoms with Crippen molar-refractivity contribution in [2.24, 2.45) is 5.92 Å². The molecule has 0 aromatic carbocycles. The van der Waals surface area contributed by atoms with Crippen molar-refractivity contribution >= 4 is 45.0 Å². The van der Waals surface area contributed by atoms with Gasteiger partial charge in [-0.15, -0.1) is 11.3 Å². The molecule has 0 bridgehead atoms. The number of thioether (sulfide) groups is 1. The average Bonchev–Trinajstić information content (AvgIpc) is 2.99. The summed E-state index contributed by atoms with van der Waals surface area (Å²) in [5, 5.41) is 1.39. The molecule has 140 valence electrons. The molecule has 1 fully saturated rings. The molecule has 2 unspecified atom stereocenters. The number of nitrogens with zero attached hydrogens (tertiary/aromatic N) is 3. The van der Waals surface area contributed by atoms with Gasteiger partial charge in [-0.3, -0.25) is 4.79 Å². The van der Waals surface area contributed by atoms with Crippen LogP contribution in [0.15, 0.2) is 5.16 Å². The number of aromatic nitrogens is 2. The Balaban J connectivity index is 1.56. The number of aryl methyl sites for hydroxylation is 1. The normalized spacial score (nSPS) is 21.6. The van der Waals surface area contributed by atoms with Gasteiger partial charge in [0, 0.05) is 18.0 Å². The fraction of sp³-hybridized carbons (Fsp3) is 0.611. The Morgan fingerprint density at radius 3 is 2.92 bits per heavy atom. The summed E-state index contributed by atoms with van der Waals surface area (Å²) >= 11 is 3.13. The number of anilines is 1. The van der Waals surface area contributed by atoms with Crippen LogP contribution in [0.5, 0.6) is 0 Å². The van der Waals surface area contributed by atoms with Crippen molar-refractivity contribution in [1.29, 1.82) is 0 Å². The lowest BCUT2D eigenvalue weighted by Gasteiger charge is -2.28. The first-order chi connectivity index (χ1) is 12.5. The molecule has 3 heterocycles. The van der Waals surface area contributed by atoms with Crippen LogP contribution in [0.1, 0.15) is 30.7 Å². The summed E-state index contributed by atoms with van der Waals surface area (Å²) in [6.07, 6.45) is 3.35. The standard InChI is InChI=1S/C18H24N4O2S2/c1-10-3-4-12-13(9-10)26-16-14(12)15(19)20-18(21-16)25-11(2)17(23)22-5-7-24-8-6-22/h10-11H,3-9H2,1-2H3,(H2,19,20,21). The molecule has 2 N–H and O–H groups in total. The first kappa shape index (κ1) is 18.0. The molecular weight excluding hydrogens is 368 g/mol. The number of carbonyl (C=O) groups is 1. The van der Waals surface area contributed by atoms with Crippen LogP contribution in [0.25, 0.3) is 10.2 Å². The lowest BCUT2D eigenvalue weighted by Crippen LogP contribution is -2.44. The van der Waals surface area contributed by atoms with E-state index in [1.807, 2.05) is 11.8 Å². The van der Waals surface area contributed by atoms with Gasteiger partial charge >= 0.3 is 0 Å². The summed E-state index contributed by atoms with van der Waals surface area (Å²) in [5.41, 5.74) is 7.63. The van der Waals surface area contributed by atoms with E-state index in [1.54, 1.807) is 11.3 Å². The fourth-order valence-electron chi connectivity index (χ4n) is 3.65. The molecule has 8 heteroatoms. The SMILES string of the molecule is CC1CCc2c(sc3nc(SC(C)C(=O)N4CCOCC4)nc(N)c23)C1. The zero-order valence-electron chi connectivity index (χ0n) is 15.2. The monoisotopic (exact) mass is 392 g/mol. The number of fused-ring (bicyclic) bond motifs is 3. The lowest BCUT2D eigenvalue weighted by atomic mass is 9.89. The molecule has 2 atom stereocenters. The van der Waals surface area contributed by atoms with E-state index >= 15 is 0 Å². The molecule has 0 spiro atoms. The van der Waals surface area contributed by atoms with Crippen molar-refractivity contribution in [3.8, 4) is 0 Å². The van der Waals surface area contributed by atoms with E-state index in [4.69, 9.17) is 15.5 Å². The second kappa shape index (κ2) is 7.32. The molecule has 4 rings (SSSR count). The average molecular weight is 393 g/mol. The van der Waals surface area contributed by atoms with Gasteiger partial charge in [0.25, 0.3) is 0 Å². The van der Waals surface area contributed by atoms with Gasteiger partial charge in [-0.05, 0) is 37.7 Å². The molecule has 2 aromatic heterocycles. The predicted molar refractivity (Wildman–Crippen MR) is 106 cm³/mol. The quantitative estimate of drug-likeness (QED) is 0.639. The third-order valence-corrected chi connectivity index (χ3v) is 7.21. The molecule has 26 heavy (non-hydrogen) atoms. The van der Waals surface area contributed by atoms with E-state index in [-0.39, 0.29) is 11.2 Å². The number of amides is 1. The van der Waals surface area contributed by atoms with Gasteiger partial charge in [0.15, 0.2) is 5.16 Å². The number of hydrogen-bond acceptors (Lipinski definition) is 7. The summed E-state index contributed by atoms with van der Waals surface area (Å²) in [6.45, 7) is 6.73. The number of rotatable bonds is 3. The van der Waals surface area contributed by atoms with Crippen LogP contribution in [0.4, 0.5) is 5.82 Å². The summed E-state index contributed by atoms with van der Waals surface area (Å²) < 4.78 is 5.32. The number of ether oxygens (including phenoxy) is 1. The Morgan fingerprint density at radius 2 is 2.15 bits per heavy atom. The highest BCUT2D eigenvalue weighted by Crippen LogP contribution is 2.40. The van der Waals surface area contributed by atoms with Gasteiger partial charge in [0.05, 0.1) is 23.8 Å². The smallest absolute Gasteiger partial charge is 0.236 e. The van der Waals surface area contributed by atoms with Crippen LogP contribution in [0.2, 0.25) is 0 Å². The molecule has 6 nitrogen and oxygen atoms in total. The van der Waals surface area contributed by atoms with Crippen LogP contribution < -0.4 is 5.73 Å². The summed E-state index contributed by atoms with van der Waals surface area (Å²) in [4.78, 5) is 26.1. The van der Waals surface area contributed by atoms with Gasteiger partial charge < -0.3 is 15.4 Å². The minimum Gasteiger partial charge on any atom is -0.383 e. The second-order valence-corrected chi connectivity index (χ2v) is 9.51. The van der Waals surface area contributed by atoms with E-state index in [0.717, 1.165) is 23.1 Å². The summed E-state index contributed by atoms with van der Waals surface area (Å²) in [5.74, 6) is 1.38. The zero-order chi connectivity index (χ0) is 18.3. The summed E-state index contributed by atoms with van der Waals surface area (Å²) in [6, 6.07) is 0. The molecule has 1 amide bonds. The highest BCUT2D eigenvalue weighted by molar-refractivity contribution is 8.00. The summed E-state index contributed by atoms with van der Waals surface area (Å²) in [7, 11) is 0. The number of hydrogen-bond donors (Lipinski definition) is 1. The van der Waals surface area contributed by atoms with E-state index in [9.17, 15) is 4.79 Å². The Kier molecular flexibility index (Phi) is 5.07. The van der Waals surface area contributed by atoms with Crippen molar-refractivity contribution in [3.63, 3.8) is 0 Å². The molecule has 1 saturated heterocycles. The fourth-order valence-corrected chi connectivity index (χ4v) is 5.96. The van der Waals surface area contributed by atoms with Crippen molar-refractivity contribution in [2.45, 2.75) is 43.5 Å². The minimum absolute atomic E-state index is 0.111. The third kappa shape index (κ3) is 3.42. The Bertz CT molecular complexity index is 832. The van der Waals surface area contributed by atoms with Crippen molar-refractivity contribution in [1.82, 2.24) is 14.9 Å². The topological polar surface area (TPSA) is 81.3 Å². The maximum Gasteiger partial charge on any atom is 0.236 e. The number of morpholine rings is 1. The van der Waals surface area contributed by atoms with E-state index in [1.165, 1.54) is 28.6 Å². The van der Waals surface area contributed by atoms with Gasteiger partial charge in [-0.2, -0.15) is 0 Å². The number of thiophene rings is 1. The second-order valence-electron chi connectivity index (χ2n) is 7.12. The van der Waals surface area contributed by atoms with Crippen molar-refractivity contribution in [3.05, 3.63) is 10.4 Å². The van der Waals surface area contributed by atoms with Crippen molar-refractivity contribution in [2.75, 3.05) is 32.0 Å². The number of nitrogens with two attached hydrogens (primary N) is 1. The van der Waals surface area contributed by atoms with Gasteiger partial charge in [0.1, 0.15) is 10.6 Å². The molecule has 2 aromatic rings. The molecule has 2 aliphatic rings. The maximum absolute atomic E-state index is 12.6. The van der Waals surface area contributed by atoms with Crippen molar-refractivity contribution < 1.29 is 9.53 Å². The van der Waals surface area contributed by atoms with Crippen LogP contribution in [0.3, 0.4) is 0 Å². The Hall–Kier alpha value is -1.38. The highest BCUT2D eigenvalue weighted by atomic mass is 32.2. The zero-order valence-corrected chi connectivity index (χ0v) is 16.8.